The molecule has 172 valence electrons. The number of carbonyl (C=O) groups is 1. The third kappa shape index (κ3) is 6.64. The number of aliphatic hydroxyl groups is 1. The van der Waals surface area contributed by atoms with E-state index >= 15 is 0 Å². The highest BCUT2D eigenvalue weighted by Gasteiger charge is 2.12. The van der Waals surface area contributed by atoms with Gasteiger partial charge in [0.15, 0.2) is 0 Å². The minimum atomic E-state index is -1.07. The Kier molecular flexibility index (Phi) is 8.59. The van der Waals surface area contributed by atoms with Gasteiger partial charge in [-0.2, -0.15) is 0 Å². The van der Waals surface area contributed by atoms with Gasteiger partial charge in [0.2, 0.25) is 5.78 Å². The van der Waals surface area contributed by atoms with Gasteiger partial charge in [0.25, 0.3) is 0 Å². The smallest absolute Gasteiger partial charge is 0.207 e. The van der Waals surface area contributed by atoms with Crippen molar-refractivity contribution in [3.05, 3.63) is 83.8 Å². The summed E-state index contributed by atoms with van der Waals surface area (Å²) in [6.07, 6.45) is 4.34. The molecule has 0 aliphatic carbocycles. The van der Waals surface area contributed by atoms with Crippen molar-refractivity contribution >= 4 is 22.3 Å². The maximum atomic E-state index is 12.7. The Morgan fingerprint density at radius 2 is 1.82 bits per heavy atom. The molecule has 1 aromatic heterocycles. The molecule has 33 heavy (non-hydrogen) atoms. The van der Waals surface area contributed by atoms with Gasteiger partial charge in [-0.1, -0.05) is 50.2 Å². The van der Waals surface area contributed by atoms with Gasteiger partial charge in [0.05, 0.1) is 35.5 Å². The molecule has 8 heteroatoms. The minimum Gasteiger partial charge on any atom is -0.398 e. The van der Waals surface area contributed by atoms with Gasteiger partial charge in [0, 0.05) is 40.6 Å². The number of carbonyl (C=O) groups excluding carboxylic acids is 1. The van der Waals surface area contributed by atoms with Crippen LogP contribution in [0.15, 0.2) is 71.9 Å². The van der Waals surface area contributed by atoms with Crippen LogP contribution in [-0.4, -0.2) is 43.5 Å². The molecule has 1 heterocycles. The van der Waals surface area contributed by atoms with E-state index in [1.54, 1.807) is 6.20 Å². The van der Waals surface area contributed by atoms with Crippen molar-refractivity contribution in [2.24, 2.45) is 5.73 Å². The molecule has 0 fully saturated rings. The molecule has 0 saturated heterocycles. The Bertz CT molecular complexity index is 1140. The number of ketones is 1. The van der Waals surface area contributed by atoms with E-state index in [-0.39, 0.29) is 23.3 Å². The van der Waals surface area contributed by atoms with Crippen LogP contribution in [0.5, 0.6) is 0 Å². The van der Waals surface area contributed by atoms with E-state index in [2.05, 4.69) is 15.3 Å². The summed E-state index contributed by atoms with van der Waals surface area (Å²) in [5, 5.41) is 12.0. The van der Waals surface area contributed by atoms with Crippen molar-refractivity contribution in [1.29, 1.82) is 0 Å². The standard InChI is InChI=1S/C25H28N4O3S/c1-17(2)33(32)21-9-7-20(8-10-21)23-15-28-16-24(29-23)25(31)13-22(26)19-5-3-18(4-6-19)14-27-11-12-30/h3-10,13,15-17,27,30H,11-12,14,26H2,1-2H3. The molecule has 0 radical (unpaired) electrons. The fourth-order valence-electron chi connectivity index (χ4n) is 3.08. The Morgan fingerprint density at radius 3 is 2.45 bits per heavy atom. The Hall–Kier alpha value is -3.20. The Balaban J connectivity index is 1.73. The van der Waals surface area contributed by atoms with Crippen LogP contribution in [0.3, 0.4) is 0 Å². The fourth-order valence-corrected chi connectivity index (χ4v) is 4.03. The zero-order valence-corrected chi connectivity index (χ0v) is 19.5. The molecule has 2 aromatic carbocycles. The van der Waals surface area contributed by atoms with E-state index in [4.69, 9.17) is 10.8 Å². The highest BCUT2D eigenvalue weighted by Crippen LogP contribution is 2.20. The summed E-state index contributed by atoms with van der Waals surface area (Å²) in [6.45, 7) is 5.08. The van der Waals surface area contributed by atoms with Crippen LogP contribution in [0, 0.1) is 0 Å². The Labute approximate surface area is 196 Å². The molecule has 0 aliphatic rings. The predicted molar refractivity (Wildman–Crippen MR) is 131 cm³/mol. The van der Waals surface area contributed by atoms with Gasteiger partial charge in [-0.25, -0.2) is 4.98 Å². The van der Waals surface area contributed by atoms with Crippen molar-refractivity contribution < 1.29 is 14.1 Å². The summed E-state index contributed by atoms with van der Waals surface area (Å²) >= 11 is 0. The van der Waals surface area contributed by atoms with Crippen molar-refractivity contribution in [2.45, 2.75) is 30.5 Å². The van der Waals surface area contributed by atoms with Gasteiger partial charge >= 0.3 is 0 Å². The van der Waals surface area contributed by atoms with Gasteiger partial charge < -0.3 is 16.2 Å². The fraction of sp³-hybridized carbons (Fsp3) is 0.240. The summed E-state index contributed by atoms with van der Waals surface area (Å²) < 4.78 is 12.2. The van der Waals surface area contributed by atoms with E-state index < -0.39 is 10.8 Å². The van der Waals surface area contributed by atoms with E-state index in [0.717, 1.165) is 21.6 Å². The molecule has 1 atom stereocenters. The van der Waals surface area contributed by atoms with Gasteiger partial charge in [-0.15, -0.1) is 0 Å². The zero-order valence-electron chi connectivity index (χ0n) is 18.7. The molecule has 1 unspecified atom stereocenters. The lowest BCUT2D eigenvalue weighted by molar-refractivity contribution is 0.104. The van der Waals surface area contributed by atoms with Crippen LogP contribution in [0.1, 0.15) is 35.5 Å². The maximum absolute atomic E-state index is 12.7. The summed E-state index contributed by atoms with van der Waals surface area (Å²) in [7, 11) is -1.07. The average molecular weight is 465 g/mol. The first-order valence-electron chi connectivity index (χ1n) is 10.6. The van der Waals surface area contributed by atoms with Crippen LogP contribution in [0.2, 0.25) is 0 Å². The highest BCUT2D eigenvalue weighted by atomic mass is 32.2. The summed E-state index contributed by atoms with van der Waals surface area (Å²) in [4.78, 5) is 22.1. The first kappa shape index (κ1) is 24.4. The lowest BCUT2D eigenvalue weighted by Gasteiger charge is -2.07. The van der Waals surface area contributed by atoms with E-state index in [0.29, 0.717) is 24.5 Å². The molecule has 3 rings (SSSR count). The van der Waals surface area contributed by atoms with Crippen molar-refractivity contribution in [2.75, 3.05) is 13.2 Å². The Morgan fingerprint density at radius 1 is 1.12 bits per heavy atom. The summed E-state index contributed by atoms with van der Waals surface area (Å²) in [6, 6.07) is 14.8. The SMILES string of the molecule is CC(C)S(=O)c1ccc(-c2cncc(C(=O)C=C(N)c3ccc(CNCCO)cc3)n2)cc1. The third-order valence-electron chi connectivity index (χ3n) is 4.89. The zero-order chi connectivity index (χ0) is 23.8. The topological polar surface area (TPSA) is 118 Å². The van der Waals surface area contributed by atoms with Crippen molar-refractivity contribution in [1.82, 2.24) is 15.3 Å². The van der Waals surface area contributed by atoms with Gasteiger partial charge in [0.1, 0.15) is 5.69 Å². The molecule has 4 N–H and O–H groups in total. The van der Waals surface area contributed by atoms with Crippen LogP contribution in [0.25, 0.3) is 17.0 Å². The molecule has 0 bridgehead atoms. The monoisotopic (exact) mass is 464 g/mol. The normalized spacial score (nSPS) is 12.7. The first-order valence-corrected chi connectivity index (χ1v) is 11.9. The molecule has 0 amide bonds. The molecular weight excluding hydrogens is 436 g/mol. The summed E-state index contributed by atoms with van der Waals surface area (Å²) in [5.41, 5.74) is 9.77. The number of allylic oxidation sites excluding steroid dienone is 1. The molecular formula is C25H28N4O3S. The molecule has 7 nitrogen and oxygen atoms in total. The number of hydrogen-bond donors (Lipinski definition) is 3. The third-order valence-corrected chi connectivity index (χ3v) is 6.48. The second kappa shape index (κ2) is 11.6. The van der Waals surface area contributed by atoms with Crippen LogP contribution in [-0.2, 0) is 17.3 Å². The van der Waals surface area contributed by atoms with E-state index in [1.165, 1.54) is 12.3 Å². The number of nitrogens with zero attached hydrogens (tertiary/aromatic N) is 2. The minimum absolute atomic E-state index is 0.0352. The quantitative estimate of drug-likeness (QED) is 0.240. The van der Waals surface area contributed by atoms with E-state index in [1.807, 2.05) is 62.4 Å². The number of rotatable bonds is 10. The lowest BCUT2D eigenvalue weighted by atomic mass is 10.1. The van der Waals surface area contributed by atoms with Crippen LogP contribution < -0.4 is 11.1 Å². The number of hydrogen-bond acceptors (Lipinski definition) is 7. The maximum Gasteiger partial charge on any atom is 0.207 e. The number of aliphatic hydroxyl groups excluding tert-OH is 1. The largest absolute Gasteiger partial charge is 0.398 e. The highest BCUT2D eigenvalue weighted by molar-refractivity contribution is 7.85. The number of aromatic nitrogens is 2. The molecule has 0 aliphatic heterocycles. The predicted octanol–water partition coefficient (Wildman–Crippen LogP) is 2.92. The molecule has 0 spiro atoms. The average Bonchev–Trinajstić information content (AvgIpc) is 2.84. The lowest BCUT2D eigenvalue weighted by Crippen LogP contribution is -2.17. The van der Waals surface area contributed by atoms with Gasteiger partial charge in [-0.05, 0) is 23.3 Å². The first-order chi connectivity index (χ1) is 15.9. The second-order valence-electron chi connectivity index (χ2n) is 7.72. The van der Waals surface area contributed by atoms with Crippen molar-refractivity contribution in [3.8, 4) is 11.3 Å². The van der Waals surface area contributed by atoms with Gasteiger partial charge in [-0.3, -0.25) is 14.0 Å². The number of benzene rings is 2. The molecule has 0 saturated carbocycles. The molecule has 3 aromatic rings. The van der Waals surface area contributed by atoms with E-state index in [9.17, 15) is 9.00 Å². The number of nitrogens with two attached hydrogens (primary N) is 1. The summed E-state index contributed by atoms with van der Waals surface area (Å²) in [5.74, 6) is -0.340. The number of nitrogens with one attached hydrogen (secondary N) is 1. The van der Waals surface area contributed by atoms with Crippen molar-refractivity contribution in [3.63, 3.8) is 0 Å². The van der Waals surface area contributed by atoms with Crippen LogP contribution >= 0.6 is 0 Å². The second-order valence-corrected chi connectivity index (χ2v) is 9.73. The van der Waals surface area contributed by atoms with Crippen LogP contribution in [0.4, 0.5) is 0 Å².